The van der Waals surface area contributed by atoms with Crippen LogP contribution in [0, 0.1) is 6.92 Å². The Bertz CT molecular complexity index is 1240. The van der Waals surface area contributed by atoms with E-state index in [1.54, 1.807) is 36.0 Å². The van der Waals surface area contributed by atoms with Gasteiger partial charge in [0.05, 0.1) is 30.4 Å². The number of ether oxygens (including phenoxy) is 1. The van der Waals surface area contributed by atoms with Crippen molar-refractivity contribution in [2.45, 2.75) is 20.4 Å². The van der Waals surface area contributed by atoms with Gasteiger partial charge in [0.1, 0.15) is 4.83 Å². The van der Waals surface area contributed by atoms with Gasteiger partial charge < -0.3 is 4.74 Å². The monoisotopic (exact) mass is 404 g/mol. The Morgan fingerprint density at radius 2 is 1.97 bits per heavy atom. The Morgan fingerprint density at radius 1 is 1.17 bits per heavy atom. The van der Waals surface area contributed by atoms with Crippen molar-refractivity contribution in [2.24, 2.45) is 0 Å². The van der Waals surface area contributed by atoms with Crippen LogP contribution in [0.3, 0.4) is 0 Å². The number of hydrogen-bond donors (Lipinski definition) is 0. The van der Waals surface area contributed by atoms with Crippen LogP contribution in [0.5, 0.6) is 0 Å². The van der Waals surface area contributed by atoms with E-state index in [-0.39, 0.29) is 11.5 Å². The summed E-state index contributed by atoms with van der Waals surface area (Å²) >= 11 is 1.47. The first-order valence-corrected chi connectivity index (χ1v) is 10.2. The third kappa shape index (κ3) is 3.84. The van der Waals surface area contributed by atoms with Gasteiger partial charge >= 0.3 is 5.97 Å². The molecule has 2 heterocycles. The van der Waals surface area contributed by atoms with E-state index in [0.717, 1.165) is 21.5 Å². The van der Waals surface area contributed by atoms with Crippen LogP contribution < -0.4 is 5.56 Å². The fourth-order valence-corrected chi connectivity index (χ4v) is 4.14. The molecule has 0 atom stereocenters. The molecule has 0 aliphatic carbocycles. The molecule has 0 fully saturated rings. The van der Waals surface area contributed by atoms with E-state index in [1.807, 2.05) is 42.6 Å². The molecule has 5 nitrogen and oxygen atoms in total. The molecule has 146 valence electrons. The van der Waals surface area contributed by atoms with E-state index in [2.05, 4.69) is 4.98 Å². The van der Waals surface area contributed by atoms with Gasteiger partial charge in [0.15, 0.2) is 0 Å². The molecular weight excluding hydrogens is 384 g/mol. The fraction of sp³-hybridized carbons (Fsp3) is 0.174. The number of fused-ring (bicyclic) bond motifs is 1. The third-order valence-electron chi connectivity index (χ3n) is 4.71. The Hall–Kier alpha value is -3.25. The second-order valence-corrected chi connectivity index (χ2v) is 7.65. The highest BCUT2D eigenvalue weighted by molar-refractivity contribution is 7.17. The Labute approximate surface area is 172 Å². The zero-order valence-corrected chi connectivity index (χ0v) is 17.0. The fourth-order valence-electron chi connectivity index (χ4n) is 3.23. The number of aromatic nitrogens is 2. The minimum Gasteiger partial charge on any atom is -0.462 e. The largest absolute Gasteiger partial charge is 0.462 e. The zero-order chi connectivity index (χ0) is 20.4. The van der Waals surface area contributed by atoms with Crippen molar-refractivity contribution in [1.29, 1.82) is 0 Å². The lowest BCUT2D eigenvalue weighted by molar-refractivity contribution is 0.0526. The van der Waals surface area contributed by atoms with E-state index in [0.29, 0.717) is 24.1 Å². The Morgan fingerprint density at radius 3 is 2.72 bits per heavy atom. The van der Waals surface area contributed by atoms with E-state index in [4.69, 9.17) is 4.74 Å². The van der Waals surface area contributed by atoms with Crippen molar-refractivity contribution in [2.75, 3.05) is 6.61 Å². The molecule has 0 aliphatic rings. The summed E-state index contributed by atoms with van der Waals surface area (Å²) in [5.74, 6) is -0.366. The van der Waals surface area contributed by atoms with Crippen LogP contribution >= 0.6 is 11.3 Å². The van der Waals surface area contributed by atoms with Gasteiger partial charge in [-0.15, -0.1) is 11.3 Å². The van der Waals surface area contributed by atoms with Gasteiger partial charge in [-0.3, -0.25) is 9.36 Å². The van der Waals surface area contributed by atoms with Gasteiger partial charge in [0, 0.05) is 10.9 Å². The number of thiophene rings is 1. The summed E-state index contributed by atoms with van der Waals surface area (Å²) in [7, 11) is 0. The maximum atomic E-state index is 13.2. The average molecular weight is 404 g/mol. The molecule has 0 unspecified atom stereocenters. The Balaban J connectivity index is 1.72. The molecular formula is C23H20N2O3S. The summed E-state index contributed by atoms with van der Waals surface area (Å²) in [6.07, 6.45) is 1.57. The highest BCUT2D eigenvalue weighted by atomic mass is 32.1. The zero-order valence-electron chi connectivity index (χ0n) is 16.2. The van der Waals surface area contributed by atoms with Gasteiger partial charge in [-0.1, -0.05) is 42.0 Å². The predicted molar refractivity (Wildman–Crippen MR) is 116 cm³/mol. The third-order valence-corrected chi connectivity index (χ3v) is 5.60. The minimum absolute atomic E-state index is 0.0895. The molecule has 0 saturated carbocycles. The van der Waals surface area contributed by atoms with Crippen LogP contribution in [0.2, 0.25) is 0 Å². The summed E-state index contributed by atoms with van der Waals surface area (Å²) in [5, 5.41) is 2.61. The molecule has 0 aliphatic heterocycles. The number of aryl methyl sites for hydroxylation is 1. The maximum absolute atomic E-state index is 13.2. The van der Waals surface area contributed by atoms with Crippen molar-refractivity contribution in [3.05, 3.63) is 87.3 Å². The normalized spacial score (nSPS) is 11.0. The van der Waals surface area contributed by atoms with Crippen molar-refractivity contribution >= 4 is 27.5 Å². The minimum atomic E-state index is -0.366. The number of benzene rings is 2. The van der Waals surface area contributed by atoms with Crippen LogP contribution in [0.15, 0.2) is 65.0 Å². The van der Waals surface area contributed by atoms with Crippen molar-refractivity contribution in [3.8, 4) is 11.1 Å². The highest BCUT2D eigenvalue weighted by Gasteiger charge is 2.14. The van der Waals surface area contributed by atoms with Crippen LogP contribution in [-0.4, -0.2) is 22.1 Å². The second kappa shape index (κ2) is 8.01. The molecule has 0 amide bonds. The van der Waals surface area contributed by atoms with E-state index in [1.165, 1.54) is 16.9 Å². The number of nitrogens with zero attached hydrogens (tertiary/aromatic N) is 2. The number of rotatable bonds is 5. The lowest BCUT2D eigenvalue weighted by Gasteiger charge is -2.08. The number of esters is 1. The Kier molecular flexibility index (Phi) is 5.27. The molecule has 2 aromatic heterocycles. The average Bonchev–Trinajstić information content (AvgIpc) is 3.16. The van der Waals surface area contributed by atoms with Crippen LogP contribution in [0.1, 0.15) is 28.4 Å². The smallest absolute Gasteiger partial charge is 0.338 e. The van der Waals surface area contributed by atoms with E-state index in [9.17, 15) is 9.59 Å². The summed E-state index contributed by atoms with van der Waals surface area (Å²) in [6.45, 7) is 4.46. The lowest BCUT2D eigenvalue weighted by atomic mass is 10.0. The molecule has 4 rings (SSSR count). The van der Waals surface area contributed by atoms with E-state index >= 15 is 0 Å². The molecule has 2 aromatic carbocycles. The molecule has 29 heavy (non-hydrogen) atoms. The summed E-state index contributed by atoms with van der Waals surface area (Å²) in [5.41, 5.74) is 4.30. The molecule has 0 N–H and O–H groups in total. The molecule has 6 heteroatoms. The SMILES string of the molecule is CCOC(=O)c1cccc(Cn2cnc3scc(-c4ccc(C)cc4)c3c2=O)c1. The van der Waals surface area contributed by atoms with Crippen LogP contribution in [-0.2, 0) is 11.3 Å². The predicted octanol–water partition coefficient (Wildman–Crippen LogP) is 4.66. The molecule has 0 bridgehead atoms. The van der Waals surface area contributed by atoms with Gasteiger partial charge in [-0.2, -0.15) is 0 Å². The summed E-state index contributed by atoms with van der Waals surface area (Å²) in [4.78, 5) is 30.4. The molecule has 0 spiro atoms. The quantitative estimate of drug-likeness (QED) is 0.454. The van der Waals surface area contributed by atoms with Gasteiger partial charge in [-0.05, 0) is 37.1 Å². The van der Waals surface area contributed by atoms with E-state index < -0.39 is 0 Å². The van der Waals surface area contributed by atoms with Gasteiger partial charge in [0.25, 0.3) is 5.56 Å². The molecule has 0 radical (unpaired) electrons. The molecule has 0 saturated heterocycles. The maximum Gasteiger partial charge on any atom is 0.338 e. The van der Waals surface area contributed by atoms with Crippen LogP contribution in [0.25, 0.3) is 21.3 Å². The lowest BCUT2D eigenvalue weighted by Crippen LogP contribution is -2.21. The van der Waals surface area contributed by atoms with Crippen molar-refractivity contribution in [3.63, 3.8) is 0 Å². The first-order valence-electron chi connectivity index (χ1n) is 9.36. The van der Waals surface area contributed by atoms with Crippen LogP contribution in [0.4, 0.5) is 0 Å². The number of hydrogen-bond acceptors (Lipinski definition) is 5. The first-order chi connectivity index (χ1) is 14.1. The number of carbonyl (C=O) groups excluding carboxylic acids is 1. The second-order valence-electron chi connectivity index (χ2n) is 6.79. The van der Waals surface area contributed by atoms with Gasteiger partial charge in [-0.25, -0.2) is 9.78 Å². The van der Waals surface area contributed by atoms with Crippen molar-refractivity contribution in [1.82, 2.24) is 9.55 Å². The summed E-state index contributed by atoms with van der Waals surface area (Å²) in [6, 6.07) is 15.3. The standard InChI is InChI=1S/C23H20N2O3S/c1-3-28-23(27)18-6-4-5-16(11-18)12-25-14-24-21-20(22(25)26)19(13-29-21)17-9-7-15(2)8-10-17/h4-11,13-14H,3,12H2,1-2H3. The first kappa shape index (κ1) is 19.1. The van der Waals surface area contributed by atoms with Gasteiger partial charge in [0.2, 0.25) is 0 Å². The highest BCUT2D eigenvalue weighted by Crippen LogP contribution is 2.30. The van der Waals surface area contributed by atoms with Crippen molar-refractivity contribution < 1.29 is 9.53 Å². The number of carbonyl (C=O) groups is 1. The topological polar surface area (TPSA) is 61.2 Å². The summed E-state index contributed by atoms with van der Waals surface area (Å²) < 4.78 is 6.64. The molecule has 4 aromatic rings.